The van der Waals surface area contributed by atoms with Gasteiger partial charge in [0.2, 0.25) is 5.91 Å². The summed E-state index contributed by atoms with van der Waals surface area (Å²) in [5.41, 5.74) is 4.95. The van der Waals surface area contributed by atoms with Crippen molar-refractivity contribution in [3.63, 3.8) is 0 Å². The monoisotopic (exact) mass is 429 g/mol. The van der Waals surface area contributed by atoms with Gasteiger partial charge >= 0.3 is 16.4 Å². The summed E-state index contributed by atoms with van der Waals surface area (Å²) < 4.78 is 40.8. The van der Waals surface area contributed by atoms with Crippen molar-refractivity contribution in [1.29, 1.82) is 0 Å². The first kappa shape index (κ1) is 19.6. The van der Waals surface area contributed by atoms with Crippen molar-refractivity contribution in [3.05, 3.63) is 23.7 Å². The molecule has 13 nitrogen and oxygen atoms in total. The van der Waals surface area contributed by atoms with Crippen LogP contribution in [0.1, 0.15) is 42.7 Å². The molecule has 4 amide bonds. The van der Waals surface area contributed by atoms with Gasteiger partial charge in [-0.25, -0.2) is 4.79 Å². The second-order valence-corrected chi connectivity index (χ2v) is 7.96. The number of carbonyl (C=O) groups is 3. The minimum absolute atomic E-state index is 0.0466. The van der Waals surface area contributed by atoms with Gasteiger partial charge < -0.3 is 14.6 Å². The summed E-state index contributed by atoms with van der Waals surface area (Å²) in [5, 5.41) is 3.64. The number of nitrogens with zero attached hydrogens (tertiary/aromatic N) is 2. The van der Waals surface area contributed by atoms with Gasteiger partial charge in [0.1, 0.15) is 11.8 Å². The van der Waals surface area contributed by atoms with E-state index in [4.69, 9.17) is 8.97 Å². The van der Waals surface area contributed by atoms with Gasteiger partial charge in [0, 0.05) is 18.0 Å². The van der Waals surface area contributed by atoms with Gasteiger partial charge in [-0.3, -0.25) is 25.0 Å². The van der Waals surface area contributed by atoms with Crippen molar-refractivity contribution in [3.8, 4) is 0 Å². The number of furan rings is 1. The first-order valence-electron chi connectivity index (χ1n) is 8.91. The number of amides is 4. The zero-order chi connectivity index (χ0) is 20.8. The smallest absolute Gasteiger partial charge is 0.418 e. The first-order chi connectivity index (χ1) is 13.7. The van der Waals surface area contributed by atoms with E-state index in [9.17, 15) is 22.8 Å². The molecule has 29 heavy (non-hydrogen) atoms. The minimum Gasteiger partial charge on any atom is -0.466 e. The fourth-order valence-corrected chi connectivity index (χ4v) is 4.23. The lowest BCUT2D eigenvalue weighted by Crippen LogP contribution is -2.50. The summed E-state index contributed by atoms with van der Waals surface area (Å²) in [7, 11) is -4.95. The van der Waals surface area contributed by atoms with Crippen LogP contribution in [-0.4, -0.2) is 59.9 Å². The molecule has 4 rings (SSSR count). The van der Waals surface area contributed by atoms with Gasteiger partial charge in [-0.05, 0) is 25.5 Å². The predicted octanol–water partition coefficient (Wildman–Crippen LogP) is -0.863. The molecule has 4 heterocycles. The molecule has 1 aromatic rings. The van der Waals surface area contributed by atoms with E-state index in [1.54, 1.807) is 0 Å². The number of fused-ring (bicyclic) bond motifs is 4. The molecule has 2 bridgehead atoms. The Labute approximate surface area is 165 Å². The Bertz CT molecular complexity index is 940. The number of nitrogens with one attached hydrogen (secondary N) is 3. The van der Waals surface area contributed by atoms with Crippen LogP contribution >= 0.6 is 0 Å². The molecule has 0 spiro atoms. The summed E-state index contributed by atoms with van der Waals surface area (Å²) >= 11 is 0. The summed E-state index contributed by atoms with van der Waals surface area (Å²) in [6, 6.07) is -1.55. The number of hydrogen-bond acceptors (Lipinski definition) is 8. The summed E-state index contributed by atoms with van der Waals surface area (Å²) in [5.74, 6) is -1.02. The van der Waals surface area contributed by atoms with Crippen LogP contribution in [0.5, 0.6) is 0 Å². The molecular weight excluding hydrogens is 410 g/mol. The average molecular weight is 429 g/mol. The van der Waals surface area contributed by atoms with E-state index < -0.39 is 40.3 Å². The van der Waals surface area contributed by atoms with Crippen LogP contribution in [0.2, 0.25) is 0 Å². The highest BCUT2D eigenvalue weighted by Crippen LogP contribution is 2.44. The Hall–Kier alpha value is -2.68. The van der Waals surface area contributed by atoms with Gasteiger partial charge in [-0.2, -0.15) is 13.5 Å². The molecule has 3 aliphatic heterocycles. The predicted molar refractivity (Wildman–Crippen MR) is 92.7 cm³/mol. The highest BCUT2D eigenvalue weighted by atomic mass is 32.3. The molecule has 1 unspecified atom stereocenters. The summed E-state index contributed by atoms with van der Waals surface area (Å²) in [4.78, 5) is 38.3. The highest BCUT2D eigenvalue weighted by molar-refractivity contribution is 7.80. The molecule has 14 heteroatoms. The lowest BCUT2D eigenvalue weighted by Gasteiger charge is -2.28. The zero-order valence-electron chi connectivity index (χ0n) is 15.0. The third-order valence-electron chi connectivity index (χ3n) is 5.08. The largest absolute Gasteiger partial charge is 0.466 e. The van der Waals surface area contributed by atoms with Gasteiger partial charge in [0.05, 0.1) is 12.8 Å². The lowest BCUT2D eigenvalue weighted by atomic mass is 9.98. The van der Waals surface area contributed by atoms with Crippen LogP contribution in [0.3, 0.4) is 0 Å². The van der Waals surface area contributed by atoms with Crippen molar-refractivity contribution < 1.29 is 36.1 Å². The fraction of sp³-hybridized carbons (Fsp3) is 0.533. The fourth-order valence-electron chi connectivity index (χ4n) is 3.86. The Morgan fingerprint density at radius 1 is 1.38 bits per heavy atom. The van der Waals surface area contributed by atoms with Crippen molar-refractivity contribution in [1.82, 2.24) is 26.1 Å². The second kappa shape index (κ2) is 7.29. The summed E-state index contributed by atoms with van der Waals surface area (Å²) in [6.45, 7) is 0.771. The van der Waals surface area contributed by atoms with Crippen molar-refractivity contribution in [2.75, 3.05) is 13.1 Å². The molecular formula is C15H19N5O8S. The van der Waals surface area contributed by atoms with Crippen molar-refractivity contribution in [2.24, 2.45) is 0 Å². The quantitative estimate of drug-likeness (QED) is 0.343. The lowest BCUT2D eigenvalue weighted by molar-refractivity contribution is -0.132. The van der Waals surface area contributed by atoms with Gasteiger partial charge in [0.15, 0.2) is 6.04 Å². The third-order valence-corrected chi connectivity index (χ3v) is 5.42. The van der Waals surface area contributed by atoms with Gasteiger partial charge in [0.25, 0.3) is 5.91 Å². The van der Waals surface area contributed by atoms with Crippen LogP contribution in [0, 0.1) is 0 Å². The van der Waals surface area contributed by atoms with E-state index in [-0.39, 0.29) is 24.8 Å². The zero-order valence-corrected chi connectivity index (χ0v) is 15.8. The SMILES string of the molecule is O=C(CC1CCCN1)NNC(=O)[C@@H]1c2occc2[C@@H]2CN1C(=O)N2OS(=O)(=O)O. The van der Waals surface area contributed by atoms with Crippen LogP contribution in [0.4, 0.5) is 4.79 Å². The molecule has 2 saturated heterocycles. The maximum Gasteiger partial charge on any atom is 0.418 e. The molecule has 3 aliphatic rings. The number of rotatable bonds is 5. The number of urea groups is 1. The Kier molecular flexibility index (Phi) is 4.94. The normalized spacial score (nSPS) is 25.8. The van der Waals surface area contributed by atoms with Crippen LogP contribution in [0.25, 0.3) is 0 Å². The Balaban J connectivity index is 1.47. The van der Waals surface area contributed by atoms with E-state index in [0.29, 0.717) is 10.6 Å². The molecule has 1 aromatic heterocycles. The van der Waals surface area contributed by atoms with Crippen LogP contribution < -0.4 is 16.2 Å². The number of hydrazine groups is 1. The Morgan fingerprint density at radius 2 is 2.17 bits per heavy atom. The topological polar surface area (TPSA) is 171 Å². The van der Waals surface area contributed by atoms with E-state index in [0.717, 1.165) is 24.3 Å². The summed E-state index contributed by atoms with van der Waals surface area (Å²) in [6.07, 6.45) is 3.33. The molecule has 2 fully saturated rings. The Morgan fingerprint density at radius 3 is 2.86 bits per heavy atom. The molecule has 158 valence electrons. The molecule has 0 radical (unpaired) electrons. The van der Waals surface area contributed by atoms with Gasteiger partial charge in [-0.15, -0.1) is 4.28 Å². The number of hydroxylamine groups is 2. The molecule has 4 N–H and O–H groups in total. The average Bonchev–Trinajstić information content (AvgIpc) is 3.37. The maximum atomic E-state index is 12.7. The number of carbonyl (C=O) groups excluding carboxylic acids is 3. The molecule has 0 saturated carbocycles. The standard InChI is InChI=1S/C15H19N5O8S/c21-11(6-8-2-1-4-16-8)17-18-14(22)12-13-9(3-5-27-13)10-7-19(12)15(23)20(10)28-29(24,25)26/h3,5,8,10,12,16H,1-2,4,6-7H2,(H,17,21)(H,18,22)(H,24,25,26)/t8?,10-,12-/m0/s1. The van der Waals surface area contributed by atoms with E-state index in [2.05, 4.69) is 20.5 Å². The molecule has 0 aromatic carbocycles. The maximum absolute atomic E-state index is 12.7. The first-order valence-corrected chi connectivity index (χ1v) is 10.3. The van der Waals surface area contributed by atoms with Gasteiger partial charge in [-0.1, -0.05) is 0 Å². The number of hydrogen-bond donors (Lipinski definition) is 4. The second-order valence-electron chi connectivity index (χ2n) is 6.96. The van der Waals surface area contributed by atoms with E-state index in [1.807, 2.05) is 0 Å². The molecule has 0 aliphatic carbocycles. The van der Waals surface area contributed by atoms with E-state index in [1.165, 1.54) is 12.3 Å². The van der Waals surface area contributed by atoms with Crippen molar-refractivity contribution >= 4 is 28.2 Å². The van der Waals surface area contributed by atoms with Crippen molar-refractivity contribution in [2.45, 2.75) is 37.4 Å². The van der Waals surface area contributed by atoms with Crippen LogP contribution in [0.15, 0.2) is 16.7 Å². The minimum atomic E-state index is -4.95. The highest BCUT2D eigenvalue weighted by Gasteiger charge is 2.53. The van der Waals surface area contributed by atoms with Crippen LogP contribution in [-0.2, 0) is 24.3 Å². The third kappa shape index (κ3) is 3.78. The molecule has 3 atom stereocenters. The van der Waals surface area contributed by atoms with E-state index >= 15 is 0 Å².